The lowest BCUT2D eigenvalue weighted by Gasteiger charge is -2.11. The zero-order valence-electron chi connectivity index (χ0n) is 8.18. The summed E-state index contributed by atoms with van der Waals surface area (Å²) >= 11 is 0. The average Bonchev–Trinajstić information content (AvgIpc) is 2.25. The van der Waals surface area contributed by atoms with Gasteiger partial charge in [-0.2, -0.15) is 0 Å². The molecule has 1 atom stereocenters. The molecule has 0 spiro atoms. The molecule has 0 aromatic heterocycles. The molecular formula is C10H10FNO4. The fourth-order valence-electron chi connectivity index (χ4n) is 1.07. The van der Waals surface area contributed by atoms with Crippen LogP contribution < -0.4 is 5.32 Å². The molecule has 86 valence electrons. The number of hydrogen-bond acceptors (Lipinski definition) is 3. The van der Waals surface area contributed by atoms with Crippen molar-refractivity contribution in [1.82, 2.24) is 5.32 Å². The van der Waals surface area contributed by atoms with E-state index in [0.717, 1.165) is 6.07 Å². The van der Waals surface area contributed by atoms with Crippen LogP contribution in [0.2, 0.25) is 0 Å². The summed E-state index contributed by atoms with van der Waals surface area (Å²) in [6.45, 7) is -0.754. The Balaban J connectivity index is 2.80. The van der Waals surface area contributed by atoms with Gasteiger partial charge in [0.05, 0.1) is 12.2 Å². The second-order valence-electron chi connectivity index (χ2n) is 3.03. The monoisotopic (exact) mass is 227 g/mol. The van der Waals surface area contributed by atoms with E-state index in [1.807, 2.05) is 5.32 Å². The smallest absolute Gasteiger partial charge is 0.328 e. The van der Waals surface area contributed by atoms with Crippen LogP contribution in [0.15, 0.2) is 24.3 Å². The first-order valence-corrected chi connectivity index (χ1v) is 4.45. The topological polar surface area (TPSA) is 86.6 Å². The maximum atomic E-state index is 13.1. The first-order chi connectivity index (χ1) is 7.56. The van der Waals surface area contributed by atoms with Crippen LogP contribution in [0.1, 0.15) is 10.4 Å². The minimum atomic E-state index is -1.44. The fourth-order valence-corrected chi connectivity index (χ4v) is 1.07. The van der Waals surface area contributed by atoms with E-state index in [0.29, 0.717) is 0 Å². The third kappa shape index (κ3) is 2.77. The third-order valence-electron chi connectivity index (χ3n) is 1.90. The molecule has 1 aromatic rings. The van der Waals surface area contributed by atoms with Crippen molar-refractivity contribution in [2.45, 2.75) is 6.04 Å². The van der Waals surface area contributed by atoms with Gasteiger partial charge in [-0.3, -0.25) is 4.79 Å². The van der Waals surface area contributed by atoms with Crippen LogP contribution in [0.3, 0.4) is 0 Å². The molecule has 0 saturated heterocycles. The number of carboxylic acids is 1. The van der Waals surface area contributed by atoms with Gasteiger partial charge in [0.25, 0.3) is 5.91 Å². The van der Waals surface area contributed by atoms with Gasteiger partial charge in [0.1, 0.15) is 5.82 Å². The Morgan fingerprint density at radius 2 is 2.00 bits per heavy atom. The summed E-state index contributed by atoms with van der Waals surface area (Å²) in [5.74, 6) is -3.01. The number of carbonyl (C=O) groups excluding carboxylic acids is 1. The first kappa shape index (κ1) is 12.1. The molecule has 3 N–H and O–H groups in total. The third-order valence-corrected chi connectivity index (χ3v) is 1.90. The van der Waals surface area contributed by atoms with Crippen molar-refractivity contribution >= 4 is 11.9 Å². The standard InChI is InChI=1S/C10H10FNO4/c11-7-4-2-1-3-6(7)9(14)12-8(5-13)10(15)16/h1-4,8,13H,5H2,(H,12,14)(H,15,16)/t8-/m0/s1. The number of carboxylic acid groups (broad SMARTS) is 1. The molecule has 0 aliphatic heterocycles. The number of halogens is 1. The van der Waals surface area contributed by atoms with Gasteiger partial charge in [-0.05, 0) is 12.1 Å². The van der Waals surface area contributed by atoms with Gasteiger partial charge in [0.2, 0.25) is 0 Å². The van der Waals surface area contributed by atoms with E-state index in [2.05, 4.69) is 0 Å². The number of amides is 1. The molecule has 1 rings (SSSR count). The molecule has 5 nitrogen and oxygen atoms in total. The second-order valence-corrected chi connectivity index (χ2v) is 3.03. The molecule has 6 heteroatoms. The van der Waals surface area contributed by atoms with Crippen LogP contribution in [-0.4, -0.2) is 34.7 Å². The van der Waals surface area contributed by atoms with E-state index in [9.17, 15) is 14.0 Å². The van der Waals surface area contributed by atoms with E-state index >= 15 is 0 Å². The van der Waals surface area contributed by atoms with Gasteiger partial charge in [0, 0.05) is 0 Å². The molecule has 0 saturated carbocycles. The van der Waals surface area contributed by atoms with Gasteiger partial charge < -0.3 is 15.5 Å². The predicted octanol–water partition coefficient (Wildman–Crippen LogP) is 0.001000. The Kier molecular flexibility index (Phi) is 3.96. The fraction of sp³-hybridized carbons (Fsp3) is 0.200. The number of aliphatic hydroxyl groups excluding tert-OH is 1. The van der Waals surface area contributed by atoms with Crippen molar-refractivity contribution in [1.29, 1.82) is 0 Å². The maximum absolute atomic E-state index is 13.1. The van der Waals surface area contributed by atoms with Gasteiger partial charge in [0.15, 0.2) is 6.04 Å². The predicted molar refractivity (Wildman–Crippen MR) is 52.4 cm³/mol. The van der Waals surface area contributed by atoms with Crippen LogP contribution in [0, 0.1) is 5.82 Å². The van der Waals surface area contributed by atoms with E-state index in [1.54, 1.807) is 0 Å². The van der Waals surface area contributed by atoms with Crippen LogP contribution in [0.5, 0.6) is 0 Å². The molecule has 0 aliphatic carbocycles. The van der Waals surface area contributed by atoms with Crippen molar-refractivity contribution in [2.24, 2.45) is 0 Å². The summed E-state index contributed by atoms with van der Waals surface area (Å²) in [5.41, 5.74) is -0.262. The quantitative estimate of drug-likeness (QED) is 0.675. The van der Waals surface area contributed by atoms with E-state index < -0.39 is 30.3 Å². The number of benzene rings is 1. The molecule has 0 heterocycles. The Hall–Kier alpha value is -1.95. The zero-order valence-corrected chi connectivity index (χ0v) is 8.18. The molecule has 0 fully saturated rings. The van der Waals surface area contributed by atoms with Gasteiger partial charge in [-0.1, -0.05) is 12.1 Å². The Morgan fingerprint density at radius 1 is 1.38 bits per heavy atom. The Morgan fingerprint density at radius 3 is 2.50 bits per heavy atom. The minimum Gasteiger partial charge on any atom is -0.480 e. The summed E-state index contributed by atoms with van der Waals surface area (Å²) < 4.78 is 13.1. The molecule has 1 amide bonds. The van der Waals surface area contributed by atoms with Crippen molar-refractivity contribution in [3.63, 3.8) is 0 Å². The van der Waals surface area contributed by atoms with Crippen LogP contribution in [0.25, 0.3) is 0 Å². The molecule has 1 aromatic carbocycles. The highest BCUT2D eigenvalue weighted by Crippen LogP contribution is 2.06. The molecule has 16 heavy (non-hydrogen) atoms. The number of aliphatic hydroxyl groups is 1. The number of aliphatic carboxylic acids is 1. The lowest BCUT2D eigenvalue weighted by Crippen LogP contribution is -2.43. The van der Waals surface area contributed by atoms with Gasteiger partial charge in [-0.15, -0.1) is 0 Å². The highest BCUT2D eigenvalue weighted by molar-refractivity contribution is 5.96. The van der Waals surface area contributed by atoms with E-state index in [1.165, 1.54) is 18.2 Å². The second kappa shape index (κ2) is 5.22. The van der Waals surface area contributed by atoms with Crippen molar-refractivity contribution < 1.29 is 24.2 Å². The zero-order chi connectivity index (χ0) is 12.1. The van der Waals surface area contributed by atoms with Crippen molar-refractivity contribution in [3.05, 3.63) is 35.6 Å². The van der Waals surface area contributed by atoms with E-state index in [-0.39, 0.29) is 5.56 Å². The number of carbonyl (C=O) groups is 2. The van der Waals surface area contributed by atoms with Crippen LogP contribution >= 0.6 is 0 Å². The number of hydrogen-bond donors (Lipinski definition) is 3. The highest BCUT2D eigenvalue weighted by Gasteiger charge is 2.20. The SMILES string of the molecule is O=C(N[C@@H](CO)C(=O)O)c1ccccc1F. The van der Waals surface area contributed by atoms with Crippen LogP contribution in [0.4, 0.5) is 4.39 Å². The van der Waals surface area contributed by atoms with Gasteiger partial charge in [-0.25, -0.2) is 9.18 Å². The molecule has 0 unspecified atom stereocenters. The summed E-state index contributed by atoms with van der Waals surface area (Å²) in [4.78, 5) is 21.9. The minimum absolute atomic E-state index is 0.262. The van der Waals surface area contributed by atoms with Crippen molar-refractivity contribution in [3.8, 4) is 0 Å². The largest absolute Gasteiger partial charge is 0.480 e. The maximum Gasteiger partial charge on any atom is 0.328 e. The normalized spacial score (nSPS) is 11.9. The van der Waals surface area contributed by atoms with E-state index in [4.69, 9.17) is 10.2 Å². The molecule has 0 radical (unpaired) electrons. The lowest BCUT2D eigenvalue weighted by atomic mass is 10.2. The van der Waals surface area contributed by atoms with Crippen LogP contribution in [-0.2, 0) is 4.79 Å². The molecule has 0 bridgehead atoms. The number of rotatable bonds is 4. The molecular weight excluding hydrogens is 217 g/mol. The summed E-state index contributed by atoms with van der Waals surface area (Å²) in [5, 5.41) is 19.2. The molecule has 0 aliphatic rings. The average molecular weight is 227 g/mol. The highest BCUT2D eigenvalue weighted by atomic mass is 19.1. The Labute approximate surface area is 90.5 Å². The number of nitrogens with one attached hydrogen (secondary N) is 1. The van der Waals surface area contributed by atoms with Crippen molar-refractivity contribution in [2.75, 3.05) is 6.61 Å². The first-order valence-electron chi connectivity index (χ1n) is 4.45. The van der Waals surface area contributed by atoms with Gasteiger partial charge >= 0.3 is 5.97 Å². The summed E-state index contributed by atoms with van der Waals surface area (Å²) in [7, 11) is 0. The Bertz CT molecular complexity index is 408. The lowest BCUT2D eigenvalue weighted by molar-refractivity contribution is -0.140. The summed E-state index contributed by atoms with van der Waals surface area (Å²) in [6, 6.07) is 3.73. The summed E-state index contributed by atoms with van der Waals surface area (Å²) in [6.07, 6.45) is 0.